The Morgan fingerprint density at radius 3 is 2.50 bits per heavy atom. The lowest BCUT2D eigenvalue weighted by Gasteiger charge is -2.25. The van der Waals surface area contributed by atoms with Crippen molar-refractivity contribution in [3.8, 4) is 5.88 Å². The monoisotopic (exact) mass is 356 g/mol. The predicted molar refractivity (Wildman–Crippen MR) is 103 cm³/mol. The van der Waals surface area contributed by atoms with Crippen molar-refractivity contribution >= 4 is 11.9 Å². The summed E-state index contributed by atoms with van der Waals surface area (Å²) in [7, 11) is 1.59. The average molecular weight is 356 g/mol. The van der Waals surface area contributed by atoms with Gasteiger partial charge in [0.25, 0.3) is 0 Å². The lowest BCUT2D eigenvalue weighted by molar-refractivity contribution is 0.397. The van der Waals surface area contributed by atoms with Crippen LogP contribution in [0.5, 0.6) is 5.88 Å². The first kappa shape index (κ1) is 18.4. The summed E-state index contributed by atoms with van der Waals surface area (Å²) in [5, 5.41) is 3.30. The molecule has 1 atom stereocenters. The number of nitrogens with one attached hydrogen (secondary N) is 1. The largest absolute Gasteiger partial charge is 0.481 e. The molecule has 140 valence electrons. The normalized spacial score (nSPS) is 16.5. The highest BCUT2D eigenvalue weighted by atomic mass is 16.5. The second-order valence-electron chi connectivity index (χ2n) is 6.75. The first-order valence-corrected chi connectivity index (χ1v) is 9.39. The first-order chi connectivity index (χ1) is 12.7. The molecular formula is C19H28N6O. The van der Waals surface area contributed by atoms with E-state index in [9.17, 15) is 0 Å². The van der Waals surface area contributed by atoms with Gasteiger partial charge in [0.15, 0.2) is 0 Å². The Kier molecular flexibility index (Phi) is 6.20. The molecule has 0 bridgehead atoms. The molecule has 0 unspecified atom stereocenters. The Morgan fingerprint density at radius 1 is 1.08 bits per heavy atom. The van der Waals surface area contributed by atoms with Gasteiger partial charge in [0.1, 0.15) is 0 Å². The summed E-state index contributed by atoms with van der Waals surface area (Å²) in [4.78, 5) is 20.3. The second kappa shape index (κ2) is 8.78. The van der Waals surface area contributed by atoms with Crippen LogP contribution in [0.3, 0.4) is 0 Å². The zero-order valence-electron chi connectivity index (χ0n) is 15.9. The van der Waals surface area contributed by atoms with E-state index in [2.05, 4.69) is 32.1 Å². The molecule has 0 radical (unpaired) electrons. The molecule has 1 aliphatic heterocycles. The van der Waals surface area contributed by atoms with E-state index in [-0.39, 0.29) is 6.04 Å². The van der Waals surface area contributed by atoms with Crippen molar-refractivity contribution in [2.24, 2.45) is 0 Å². The average Bonchev–Trinajstić information content (AvgIpc) is 2.61. The van der Waals surface area contributed by atoms with Gasteiger partial charge in [-0.05, 0) is 26.7 Å². The fourth-order valence-electron chi connectivity index (χ4n) is 3.29. The van der Waals surface area contributed by atoms with Gasteiger partial charge in [0, 0.05) is 42.8 Å². The zero-order valence-corrected chi connectivity index (χ0v) is 15.9. The molecule has 0 aliphatic carbocycles. The van der Waals surface area contributed by atoms with Crippen molar-refractivity contribution in [2.45, 2.75) is 52.0 Å². The molecule has 26 heavy (non-hydrogen) atoms. The standard InChI is InChI=1S/C19H28N6O/c1-14(22-18-20-10-9-17(24-18)26-3)16-13-21-19(23-15(16)2)25-11-7-5-4-6-8-12-25/h9-10,13-14H,4-8,11-12H2,1-3H3,(H,20,22,24)/t14-/m0/s1. The van der Waals surface area contributed by atoms with Crippen LogP contribution in [-0.2, 0) is 0 Å². The van der Waals surface area contributed by atoms with Crippen LogP contribution in [0.2, 0.25) is 0 Å². The molecule has 2 aromatic heterocycles. The summed E-state index contributed by atoms with van der Waals surface area (Å²) in [5.41, 5.74) is 2.03. The van der Waals surface area contributed by atoms with Crippen molar-refractivity contribution in [3.05, 3.63) is 29.7 Å². The molecule has 0 saturated carbocycles. The number of nitrogens with zero attached hydrogens (tertiary/aromatic N) is 5. The fraction of sp³-hybridized carbons (Fsp3) is 0.579. The Hall–Kier alpha value is -2.44. The number of aryl methyl sites for hydroxylation is 1. The molecule has 0 amide bonds. The highest BCUT2D eigenvalue weighted by Gasteiger charge is 2.16. The molecule has 2 aromatic rings. The number of hydrogen-bond donors (Lipinski definition) is 1. The van der Waals surface area contributed by atoms with E-state index in [0.717, 1.165) is 30.3 Å². The van der Waals surface area contributed by atoms with Crippen molar-refractivity contribution in [1.82, 2.24) is 19.9 Å². The van der Waals surface area contributed by atoms with Crippen LogP contribution in [0, 0.1) is 6.92 Å². The third-order valence-electron chi connectivity index (χ3n) is 4.79. The summed E-state index contributed by atoms with van der Waals surface area (Å²) in [6.45, 7) is 6.19. The lowest BCUT2D eigenvalue weighted by atomic mass is 10.1. The number of methoxy groups -OCH3 is 1. The number of aromatic nitrogens is 4. The van der Waals surface area contributed by atoms with Gasteiger partial charge in [0.2, 0.25) is 17.8 Å². The van der Waals surface area contributed by atoms with Gasteiger partial charge in [-0.2, -0.15) is 4.98 Å². The summed E-state index contributed by atoms with van der Waals surface area (Å²) >= 11 is 0. The van der Waals surface area contributed by atoms with Crippen molar-refractivity contribution in [3.63, 3.8) is 0 Å². The molecule has 1 aliphatic rings. The van der Waals surface area contributed by atoms with E-state index in [1.165, 1.54) is 32.1 Å². The lowest BCUT2D eigenvalue weighted by Crippen LogP contribution is -2.29. The third-order valence-corrected chi connectivity index (χ3v) is 4.79. The van der Waals surface area contributed by atoms with Gasteiger partial charge in [-0.3, -0.25) is 0 Å². The third kappa shape index (κ3) is 4.59. The van der Waals surface area contributed by atoms with E-state index in [4.69, 9.17) is 9.72 Å². The smallest absolute Gasteiger partial charge is 0.226 e. The van der Waals surface area contributed by atoms with Crippen molar-refractivity contribution in [2.75, 3.05) is 30.4 Å². The highest BCUT2D eigenvalue weighted by molar-refractivity contribution is 5.37. The SMILES string of the molecule is COc1ccnc(N[C@@H](C)c2cnc(N3CCCCCCC3)nc2C)n1. The molecule has 1 N–H and O–H groups in total. The van der Waals surface area contributed by atoms with Crippen molar-refractivity contribution < 1.29 is 4.74 Å². The maximum Gasteiger partial charge on any atom is 0.226 e. The van der Waals surface area contributed by atoms with Crippen LogP contribution in [0.1, 0.15) is 56.3 Å². The van der Waals surface area contributed by atoms with Crippen LogP contribution in [0.4, 0.5) is 11.9 Å². The number of hydrogen-bond acceptors (Lipinski definition) is 7. The van der Waals surface area contributed by atoms with E-state index < -0.39 is 0 Å². The number of rotatable bonds is 5. The van der Waals surface area contributed by atoms with E-state index in [0.29, 0.717) is 11.8 Å². The van der Waals surface area contributed by atoms with Crippen LogP contribution in [0.15, 0.2) is 18.5 Å². The molecule has 1 saturated heterocycles. The van der Waals surface area contributed by atoms with E-state index >= 15 is 0 Å². The first-order valence-electron chi connectivity index (χ1n) is 9.39. The van der Waals surface area contributed by atoms with Gasteiger partial charge in [-0.25, -0.2) is 15.0 Å². The topological polar surface area (TPSA) is 76.1 Å². The molecule has 3 rings (SSSR count). The Labute approximate surface area is 155 Å². The zero-order chi connectivity index (χ0) is 18.4. The molecule has 7 nitrogen and oxygen atoms in total. The number of anilines is 2. The van der Waals surface area contributed by atoms with Crippen LogP contribution in [-0.4, -0.2) is 40.1 Å². The summed E-state index contributed by atoms with van der Waals surface area (Å²) in [6, 6.07) is 1.73. The molecule has 7 heteroatoms. The maximum atomic E-state index is 5.15. The maximum absolute atomic E-state index is 5.15. The molecule has 3 heterocycles. The van der Waals surface area contributed by atoms with E-state index in [1.54, 1.807) is 19.4 Å². The Balaban J connectivity index is 1.71. The fourth-order valence-corrected chi connectivity index (χ4v) is 3.29. The molecular weight excluding hydrogens is 328 g/mol. The minimum Gasteiger partial charge on any atom is -0.481 e. The summed E-state index contributed by atoms with van der Waals surface area (Å²) in [6.07, 6.45) is 9.99. The van der Waals surface area contributed by atoms with Gasteiger partial charge < -0.3 is 15.0 Å². The van der Waals surface area contributed by atoms with Gasteiger partial charge in [-0.1, -0.05) is 19.3 Å². The highest BCUT2D eigenvalue weighted by Crippen LogP contribution is 2.22. The minimum atomic E-state index is 0.00323. The predicted octanol–water partition coefficient (Wildman–Crippen LogP) is 3.53. The molecule has 0 spiro atoms. The Morgan fingerprint density at radius 2 is 1.81 bits per heavy atom. The quantitative estimate of drug-likeness (QED) is 0.878. The van der Waals surface area contributed by atoms with Crippen LogP contribution in [0.25, 0.3) is 0 Å². The van der Waals surface area contributed by atoms with Gasteiger partial charge in [-0.15, -0.1) is 0 Å². The van der Waals surface area contributed by atoms with Crippen molar-refractivity contribution in [1.29, 1.82) is 0 Å². The molecule has 0 aromatic carbocycles. The molecule has 1 fully saturated rings. The number of ether oxygens (including phenoxy) is 1. The van der Waals surface area contributed by atoms with Crippen LogP contribution < -0.4 is 15.0 Å². The summed E-state index contributed by atoms with van der Waals surface area (Å²) in [5.74, 6) is 1.91. The van der Waals surface area contributed by atoms with Gasteiger partial charge in [0.05, 0.1) is 13.2 Å². The summed E-state index contributed by atoms with van der Waals surface area (Å²) < 4.78 is 5.15. The second-order valence-corrected chi connectivity index (χ2v) is 6.75. The Bertz CT molecular complexity index is 715. The van der Waals surface area contributed by atoms with Gasteiger partial charge >= 0.3 is 0 Å². The van der Waals surface area contributed by atoms with Crippen LogP contribution >= 0.6 is 0 Å². The minimum absolute atomic E-state index is 0.00323. The van der Waals surface area contributed by atoms with E-state index in [1.807, 2.05) is 13.1 Å².